The van der Waals surface area contributed by atoms with Crippen molar-refractivity contribution in [3.63, 3.8) is 0 Å². The molecule has 5 nitrogen and oxygen atoms in total. The summed E-state index contributed by atoms with van der Waals surface area (Å²) in [6, 6.07) is 1.66. The van der Waals surface area contributed by atoms with Gasteiger partial charge >= 0.3 is 0 Å². The summed E-state index contributed by atoms with van der Waals surface area (Å²) in [6.45, 7) is 3.57. The molecule has 3 unspecified atom stereocenters. The van der Waals surface area contributed by atoms with E-state index < -0.39 is 10.0 Å². The number of hydrogen-bond donors (Lipinski definition) is 2. The third-order valence-corrected chi connectivity index (χ3v) is 7.70. The average Bonchev–Trinajstić information content (AvgIpc) is 3.11. The quantitative estimate of drug-likeness (QED) is 0.775. The Kier molecular flexibility index (Phi) is 4.73. The Labute approximate surface area is 137 Å². The van der Waals surface area contributed by atoms with E-state index in [1.165, 1.54) is 11.3 Å². The maximum Gasteiger partial charge on any atom is 0.242 e. The van der Waals surface area contributed by atoms with Gasteiger partial charge < -0.3 is 10.1 Å². The van der Waals surface area contributed by atoms with Gasteiger partial charge in [-0.3, -0.25) is 0 Å². The molecule has 0 aliphatic carbocycles. The molecule has 1 aromatic heterocycles. The molecule has 3 heterocycles. The van der Waals surface area contributed by atoms with Crippen molar-refractivity contribution in [3.05, 3.63) is 14.7 Å². The molecule has 21 heavy (non-hydrogen) atoms. The van der Waals surface area contributed by atoms with Gasteiger partial charge in [-0.1, -0.05) is 6.92 Å². The summed E-state index contributed by atoms with van der Waals surface area (Å²) in [5, 5.41) is 3.21. The Morgan fingerprint density at radius 2 is 2.29 bits per heavy atom. The third-order valence-electron chi connectivity index (χ3n) is 3.96. The topological polar surface area (TPSA) is 67.4 Å². The lowest BCUT2D eigenvalue weighted by molar-refractivity contribution is 0.0996. The van der Waals surface area contributed by atoms with E-state index in [2.05, 4.69) is 26.0 Å². The predicted molar refractivity (Wildman–Crippen MR) is 86.0 cm³/mol. The summed E-state index contributed by atoms with van der Waals surface area (Å²) in [6.07, 6.45) is 3.07. The summed E-state index contributed by atoms with van der Waals surface area (Å²) in [7, 11) is -3.50. The van der Waals surface area contributed by atoms with E-state index in [1.54, 1.807) is 6.07 Å². The van der Waals surface area contributed by atoms with Crippen molar-refractivity contribution < 1.29 is 13.2 Å². The first-order valence-corrected chi connectivity index (χ1v) is 10.3. The minimum absolute atomic E-state index is 0.0448. The highest BCUT2D eigenvalue weighted by Crippen LogP contribution is 2.36. The lowest BCUT2D eigenvalue weighted by Crippen LogP contribution is -2.41. The summed E-state index contributed by atoms with van der Waals surface area (Å²) in [4.78, 5) is 1.34. The largest absolute Gasteiger partial charge is 0.373 e. The van der Waals surface area contributed by atoms with Crippen molar-refractivity contribution in [2.24, 2.45) is 0 Å². The van der Waals surface area contributed by atoms with E-state index in [-0.39, 0.29) is 18.2 Å². The van der Waals surface area contributed by atoms with Crippen LogP contribution in [0.4, 0.5) is 0 Å². The van der Waals surface area contributed by atoms with Gasteiger partial charge in [0.1, 0.15) is 4.90 Å². The fraction of sp³-hybridized carbons (Fsp3) is 0.692. The van der Waals surface area contributed by atoms with Crippen LogP contribution in [0.1, 0.15) is 31.1 Å². The Hall–Kier alpha value is 0.01000. The van der Waals surface area contributed by atoms with Crippen molar-refractivity contribution in [1.29, 1.82) is 0 Å². The first-order chi connectivity index (χ1) is 9.99. The molecule has 8 heteroatoms. The van der Waals surface area contributed by atoms with Gasteiger partial charge in [0.15, 0.2) is 0 Å². The average molecular weight is 395 g/mol. The predicted octanol–water partition coefficient (Wildman–Crippen LogP) is 2.22. The Morgan fingerprint density at radius 1 is 1.48 bits per heavy atom. The molecule has 2 N–H and O–H groups in total. The second-order valence-corrected chi connectivity index (χ2v) is 9.61. The van der Waals surface area contributed by atoms with Gasteiger partial charge in [-0.25, -0.2) is 13.1 Å². The summed E-state index contributed by atoms with van der Waals surface area (Å²) < 4.78 is 34.3. The second kappa shape index (κ2) is 6.25. The zero-order valence-electron chi connectivity index (χ0n) is 11.8. The van der Waals surface area contributed by atoms with Gasteiger partial charge in [-0.2, -0.15) is 0 Å². The standard InChI is InChI=1S/C13H19BrN2O3S2/c1-2-15-7-9-6-12(13(14)20-9)21(17,18)16-10-5-8-3-4-11(10)19-8/h6,8,10-11,15-16H,2-5,7H2,1H3. The fourth-order valence-corrected chi connectivity index (χ4v) is 6.87. The van der Waals surface area contributed by atoms with E-state index in [9.17, 15) is 8.42 Å². The molecule has 118 valence electrons. The molecule has 3 rings (SSSR count). The Morgan fingerprint density at radius 3 is 2.90 bits per heavy atom. The highest BCUT2D eigenvalue weighted by Gasteiger charge is 2.42. The molecule has 2 saturated heterocycles. The maximum absolute atomic E-state index is 12.6. The van der Waals surface area contributed by atoms with Gasteiger partial charge in [0.05, 0.1) is 22.0 Å². The molecule has 0 radical (unpaired) electrons. The highest BCUT2D eigenvalue weighted by atomic mass is 79.9. The van der Waals surface area contributed by atoms with Crippen molar-refractivity contribution in [3.8, 4) is 0 Å². The number of fused-ring (bicyclic) bond motifs is 2. The van der Waals surface area contributed by atoms with Crippen molar-refractivity contribution in [2.75, 3.05) is 6.54 Å². The number of halogens is 1. The number of rotatable bonds is 6. The van der Waals surface area contributed by atoms with Gasteiger partial charge in [-0.15, -0.1) is 11.3 Å². The minimum Gasteiger partial charge on any atom is -0.373 e. The van der Waals surface area contributed by atoms with Gasteiger partial charge in [0.2, 0.25) is 10.0 Å². The van der Waals surface area contributed by atoms with Crippen LogP contribution < -0.4 is 10.0 Å². The molecule has 2 aliphatic heterocycles. The van der Waals surface area contributed by atoms with E-state index >= 15 is 0 Å². The SMILES string of the molecule is CCNCc1cc(S(=O)(=O)NC2CC3CCC2O3)c(Br)s1. The summed E-state index contributed by atoms with van der Waals surface area (Å²) >= 11 is 4.83. The smallest absolute Gasteiger partial charge is 0.242 e. The van der Waals surface area contributed by atoms with E-state index in [0.717, 1.165) is 30.7 Å². The van der Waals surface area contributed by atoms with Crippen molar-refractivity contribution >= 4 is 37.3 Å². The van der Waals surface area contributed by atoms with Crippen LogP contribution in [0.3, 0.4) is 0 Å². The number of hydrogen-bond acceptors (Lipinski definition) is 5. The lowest BCUT2D eigenvalue weighted by Gasteiger charge is -2.19. The van der Waals surface area contributed by atoms with Crippen LogP contribution in [0.15, 0.2) is 14.7 Å². The number of nitrogens with one attached hydrogen (secondary N) is 2. The molecule has 1 aromatic rings. The monoisotopic (exact) mass is 394 g/mol. The summed E-state index contributed by atoms with van der Waals surface area (Å²) in [5.41, 5.74) is 0. The third kappa shape index (κ3) is 3.35. The molecule has 0 amide bonds. The first kappa shape index (κ1) is 15.9. The van der Waals surface area contributed by atoms with Crippen LogP contribution in [0, 0.1) is 0 Å². The molecule has 2 bridgehead atoms. The van der Waals surface area contributed by atoms with Crippen LogP contribution in [-0.2, 0) is 21.3 Å². The van der Waals surface area contributed by atoms with Gasteiger partial charge in [-0.05, 0) is 47.8 Å². The van der Waals surface area contributed by atoms with Crippen LogP contribution >= 0.6 is 27.3 Å². The second-order valence-electron chi connectivity index (χ2n) is 5.47. The Bertz CT molecular complexity index is 617. The van der Waals surface area contributed by atoms with Crippen molar-refractivity contribution in [2.45, 2.75) is 55.9 Å². The molecule has 3 atom stereocenters. The lowest BCUT2D eigenvalue weighted by atomic mass is 9.96. The molecule has 2 aliphatic rings. The van der Waals surface area contributed by atoms with Crippen molar-refractivity contribution in [1.82, 2.24) is 10.0 Å². The molecular weight excluding hydrogens is 376 g/mol. The van der Waals surface area contributed by atoms with Gasteiger partial charge in [0, 0.05) is 11.4 Å². The Balaban J connectivity index is 1.74. The van der Waals surface area contributed by atoms with E-state index in [4.69, 9.17) is 4.74 Å². The van der Waals surface area contributed by atoms with E-state index in [1.807, 2.05) is 6.92 Å². The first-order valence-electron chi connectivity index (χ1n) is 7.16. The summed E-state index contributed by atoms with van der Waals surface area (Å²) in [5.74, 6) is 0. The van der Waals surface area contributed by atoms with Crippen LogP contribution in [0.5, 0.6) is 0 Å². The molecular formula is C13H19BrN2O3S2. The molecule has 0 spiro atoms. The zero-order valence-corrected chi connectivity index (χ0v) is 15.0. The number of ether oxygens (including phenoxy) is 1. The molecule has 0 saturated carbocycles. The fourth-order valence-electron chi connectivity index (χ4n) is 2.94. The number of thiophene rings is 1. The molecule has 2 fully saturated rings. The highest BCUT2D eigenvalue weighted by molar-refractivity contribution is 9.11. The minimum atomic E-state index is -3.50. The zero-order chi connectivity index (χ0) is 15.0. The van der Waals surface area contributed by atoms with Gasteiger partial charge in [0.25, 0.3) is 0 Å². The maximum atomic E-state index is 12.6. The molecule has 0 aromatic carbocycles. The van der Waals surface area contributed by atoms with E-state index in [0.29, 0.717) is 15.2 Å². The van der Waals surface area contributed by atoms with Crippen LogP contribution in [0.2, 0.25) is 0 Å². The normalized spacial score (nSPS) is 28.4. The van der Waals surface area contributed by atoms with Crippen LogP contribution in [-0.4, -0.2) is 33.2 Å². The number of sulfonamides is 1. The van der Waals surface area contributed by atoms with Crippen LogP contribution in [0.25, 0.3) is 0 Å².